The molecule has 1 aliphatic heterocycles. The molecular weight excluding hydrogens is 306 g/mol. The zero-order valence-electron chi connectivity index (χ0n) is 11.5. The number of carboxylic acids is 1. The Morgan fingerprint density at radius 2 is 2.05 bits per heavy atom. The number of aryl methyl sites for hydroxylation is 1. The molecule has 0 aromatic heterocycles. The van der Waals surface area contributed by atoms with Crippen LogP contribution in [0, 0.1) is 0 Å². The molecule has 1 amide bonds. The quantitative estimate of drug-likeness (QED) is 0.667. The van der Waals surface area contributed by atoms with Gasteiger partial charge in [-0.25, -0.2) is 0 Å². The Kier molecular flexibility index (Phi) is 5.14. The lowest BCUT2D eigenvalue weighted by atomic mass is 10.1. The van der Waals surface area contributed by atoms with Crippen LogP contribution in [-0.4, -0.2) is 32.7 Å². The predicted molar refractivity (Wildman–Crippen MR) is 88.0 cm³/mol. The number of benzene rings is 1. The molecule has 110 valence electrons. The minimum absolute atomic E-state index is 0.106. The molecule has 1 aromatic rings. The number of rotatable bonds is 5. The first-order chi connectivity index (χ1) is 10.0. The number of hydrogen-bond acceptors (Lipinski definition) is 4. The van der Waals surface area contributed by atoms with Gasteiger partial charge in [0, 0.05) is 6.54 Å². The average molecular weight is 321 g/mol. The van der Waals surface area contributed by atoms with Crippen molar-refractivity contribution in [3.05, 3.63) is 40.3 Å². The second-order valence-electron chi connectivity index (χ2n) is 4.57. The topological polar surface area (TPSA) is 57.6 Å². The number of amides is 1. The Bertz CT molecular complexity index is 608. The van der Waals surface area contributed by atoms with Crippen molar-refractivity contribution in [2.24, 2.45) is 0 Å². The number of carbonyl (C=O) groups excluding carboxylic acids is 1. The molecule has 1 fully saturated rings. The fraction of sp³-hybridized carbons (Fsp3) is 0.267. The average Bonchev–Trinajstić information content (AvgIpc) is 2.72. The summed E-state index contributed by atoms with van der Waals surface area (Å²) in [6.45, 7) is 2.20. The van der Waals surface area contributed by atoms with Gasteiger partial charge in [-0.15, -0.1) is 0 Å². The second-order valence-corrected chi connectivity index (χ2v) is 6.25. The van der Waals surface area contributed by atoms with Crippen LogP contribution >= 0.6 is 24.0 Å². The predicted octanol–water partition coefficient (Wildman–Crippen LogP) is 2.92. The van der Waals surface area contributed by atoms with E-state index < -0.39 is 5.97 Å². The van der Waals surface area contributed by atoms with E-state index in [4.69, 9.17) is 17.3 Å². The summed E-state index contributed by atoms with van der Waals surface area (Å²) in [5, 5.41) is 8.69. The smallest absolute Gasteiger partial charge is 0.305 e. The molecule has 1 heterocycles. The first-order valence-electron chi connectivity index (χ1n) is 6.57. The lowest BCUT2D eigenvalue weighted by Crippen LogP contribution is -2.30. The highest BCUT2D eigenvalue weighted by atomic mass is 32.2. The Morgan fingerprint density at radius 1 is 1.38 bits per heavy atom. The van der Waals surface area contributed by atoms with Crippen molar-refractivity contribution >= 4 is 46.3 Å². The van der Waals surface area contributed by atoms with Crippen LogP contribution < -0.4 is 0 Å². The van der Waals surface area contributed by atoms with Crippen LogP contribution in [0.5, 0.6) is 0 Å². The summed E-state index contributed by atoms with van der Waals surface area (Å²) in [5.41, 5.74) is 2.17. The lowest BCUT2D eigenvalue weighted by molar-refractivity contribution is -0.137. The molecule has 4 nitrogen and oxygen atoms in total. The zero-order valence-corrected chi connectivity index (χ0v) is 13.2. The van der Waals surface area contributed by atoms with Gasteiger partial charge in [0.15, 0.2) is 0 Å². The van der Waals surface area contributed by atoms with E-state index in [1.54, 1.807) is 6.08 Å². The Balaban J connectivity index is 2.13. The molecular formula is C15H15NO3S2. The van der Waals surface area contributed by atoms with E-state index in [0.29, 0.717) is 9.23 Å². The summed E-state index contributed by atoms with van der Waals surface area (Å²) in [6.07, 6.45) is 2.65. The number of nitrogens with zero attached hydrogens (tertiary/aromatic N) is 1. The first-order valence-corrected chi connectivity index (χ1v) is 7.80. The van der Waals surface area contributed by atoms with E-state index in [1.165, 1.54) is 22.2 Å². The minimum Gasteiger partial charge on any atom is -0.481 e. The van der Waals surface area contributed by atoms with Gasteiger partial charge in [-0.2, -0.15) is 0 Å². The second kappa shape index (κ2) is 6.87. The Labute approximate surface area is 132 Å². The molecule has 0 saturated carbocycles. The lowest BCUT2D eigenvalue weighted by Gasteiger charge is -2.12. The molecule has 0 bridgehead atoms. The zero-order chi connectivity index (χ0) is 15.4. The van der Waals surface area contributed by atoms with E-state index in [9.17, 15) is 9.59 Å². The maximum atomic E-state index is 12.2. The molecule has 1 aromatic carbocycles. The summed E-state index contributed by atoms with van der Waals surface area (Å²) in [4.78, 5) is 24.7. The van der Waals surface area contributed by atoms with Gasteiger partial charge in [-0.1, -0.05) is 55.2 Å². The normalized spacial score (nSPS) is 16.8. The summed E-state index contributed by atoms with van der Waals surface area (Å²) < 4.78 is 0.415. The Hall–Kier alpha value is -1.66. The number of thiocarbonyl (C=S) groups is 1. The SMILES string of the molecule is CCc1ccc(/C=C2/SC(=S)N(CCC(=O)O)C2=O)cc1. The fourth-order valence-corrected chi connectivity index (χ4v) is 3.21. The number of thioether (sulfide) groups is 1. The maximum absolute atomic E-state index is 12.2. The van der Waals surface area contributed by atoms with Crippen LogP contribution in [0.25, 0.3) is 6.08 Å². The van der Waals surface area contributed by atoms with Crippen LogP contribution in [0.15, 0.2) is 29.2 Å². The van der Waals surface area contributed by atoms with Gasteiger partial charge in [0.25, 0.3) is 5.91 Å². The summed E-state index contributed by atoms with van der Waals surface area (Å²) >= 11 is 6.35. The molecule has 1 saturated heterocycles. The van der Waals surface area contributed by atoms with Crippen molar-refractivity contribution < 1.29 is 14.7 Å². The van der Waals surface area contributed by atoms with Crippen molar-refractivity contribution in [3.8, 4) is 0 Å². The van der Waals surface area contributed by atoms with Crippen LogP contribution in [0.3, 0.4) is 0 Å². The molecule has 1 aliphatic rings. The maximum Gasteiger partial charge on any atom is 0.305 e. The minimum atomic E-state index is -0.941. The highest BCUT2D eigenvalue weighted by molar-refractivity contribution is 8.26. The summed E-state index contributed by atoms with van der Waals surface area (Å²) in [7, 11) is 0. The van der Waals surface area contributed by atoms with Crippen LogP contribution in [0.1, 0.15) is 24.5 Å². The van der Waals surface area contributed by atoms with Crippen LogP contribution in [0.2, 0.25) is 0 Å². The molecule has 0 atom stereocenters. The number of carbonyl (C=O) groups is 2. The van der Waals surface area contributed by atoms with E-state index in [1.807, 2.05) is 24.3 Å². The van der Waals surface area contributed by atoms with Gasteiger partial charge in [-0.05, 0) is 23.6 Å². The van der Waals surface area contributed by atoms with E-state index in [-0.39, 0.29) is 18.9 Å². The van der Waals surface area contributed by atoms with Crippen molar-refractivity contribution in [1.29, 1.82) is 0 Å². The molecule has 6 heteroatoms. The first kappa shape index (κ1) is 15.7. The van der Waals surface area contributed by atoms with Crippen molar-refractivity contribution in [3.63, 3.8) is 0 Å². The summed E-state index contributed by atoms with van der Waals surface area (Å²) in [6, 6.07) is 7.97. The third-order valence-electron chi connectivity index (χ3n) is 3.11. The van der Waals surface area contributed by atoms with Crippen LogP contribution in [0.4, 0.5) is 0 Å². The van der Waals surface area contributed by atoms with E-state index in [0.717, 1.165) is 12.0 Å². The Morgan fingerprint density at radius 3 is 2.62 bits per heavy atom. The highest BCUT2D eigenvalue weighted by Crippen LogP contribution is 2.32. The van der Waals surface area contributed by atoms with E-state index in [2.05, 4.69) is 6.92 Å². The number of carboxylic acid groups (broad SMARTS) is 1. The molecule has 2 rings (SSSR count). The molecule has 1 N–H and O–H groups in total. The number of hydrogen-bond donors (Lipinski definition) is 1. The molecule has 0 aliphatic carbocycles. The van der Waals surface area contributed by atoms with Crippen LogP contribution in [-0.2, 0) is 16.0 Å². The van der Waals surface area contributed by atoms with E-state index >= 15 is 0 Å². The monoisotopic (exact) mass is 321 g/mol. The van der Waals surface area contributed by atoms with Gasteiger partial charge < -0.3 is 5.11 Å². The molecule has 21 heavy (non-hydrogen) atoms. The molecule has 0 unspecified atom stereocenters. The standard InChI is InChI=1S/C15H15NO3S2/c1-2-10-3-5-11(6-4-10)9-12-14(19)16(15(20)21-12)8-7-13(17)18/h3-6,9H,2,7-8H2,1H3,(H,17,18)/b12-9+. The molecule has 0 radical (unpaired) electrons. The van der Waals surface area contributed by atoms with Gasteiger partial charge in [-0.3, -0.25) is 14.5 Å². The van der Waals surface area contributed by atoms with Gasteiger partial charge >= 0.3 is 5.97 Å². The third kappa shape index (κ3) is 3.92. The highest BCUT2D eigenvalue weighted by Gasteiger charge is 2.31. The van der Waals surface area contributed by atoms with Gasteiger partial charge in [0.2, 0.25) is 0 Å². The van der Waals surface area contributed by atoms with Gasteiger partial charge in [0.05, 0.1) is 11.3 Å². The fourth-order valence-electron chi connectivity index (χ4n) is 1.90. The largest absolute Gasteiger partial charge is 0.481 e. The molecule has 0 spiro atoms. The third-order valence-corrected chi connectivity index (χ3v) is 4.49. The van der Waals surface area contributed by atoms with Gasteiger partial charge in [0.1, 0.15) is 4.32 Å². The van der Waals surface area contributed by atoms with Crippen molar-refractivity contribution in [1.82, 2.24) is 4.90 Å². The van der Waals surface area contributed by atoms with Crippen molar-refractivity contribution in [2.45, 2.75) is 19.8 Å². The van der Waals surface area contributed by atoms with Crippen molar-refractivity contribution in [2.75, 3.05) is 6.54 Å². The number of aliphatic carboxylic acids is 1. The summed E-state index contributed by atoms with van der Waals surface area (Å²) in [5.74, 6) is -1.16.